The van der Waals surface area contributed by atoms with E-state index >= 15 is 0 Å². The van der Waals surface area contributed by atoms with Gasteiger partial charge in [0.2, 0.25) is 5.89 Å². The van der Waals surface area contributed by atoms with Crippen molar-refractivity contribution in [1.82, 2.24) is 10.1 Å². The maximum absolute atomic E-state index is 10.9. The molecule has 0 saturated heterocycles. The molecule has 0 spiro atoms. The van der Waals surface area contributed by atoms with Crippen molar-refractivity contribution in [3.05, 3.63) is 45.6 Å². The molecule has 7 heteroatoms. The molecule has 0 amide bonds. The smallest absolute Gasteiger partial charge is 0.292 e. The molecule has 1 heterocycles. The maximum atomic E-state index is 10.9. The van der Waals surface area contributed by atoms with Crippen LogP contribution in [-0.4, -0.2) is 15.1 Å². The lowest BCUT2D eigenvalue weighted by molar-refractivity contribution is -0.384. The van der Waals surface area contributed by atoms with Gasteiger partial charge in [0, 0.05) is 13.0 Å². The SMILES string of the molecule is Cc1ccc(NCc2noc(C)n2)c([N+](=O)[O-])c1. The lowest BCUT2D eigenvalue weighted by Gasteiger charge is -2.05. The average Bonchev–Trinajstić information content (AvgIpc) is 2.73. The number of nitrogens with one attached hydrogen (secondary N) is 1. The zero-order valence-electron chi connectivity index (χ0n) is 10.0. The van der Waals surface area contributed by atoms with Crippen molar-refractivity contribution in [2.75, 3.05) is 5.32 Å². The molecular weight excluding hydrogens is 236 g/mol. The van der Waals surface area contributed by atoms with E-state index in [1.807, 2.05) is 0 Å². The summed E-state index contributed by atoms with van der Waals surface area (Å²) in [5, 5.41) is 17.5. The average molecular weight is 248 g/mol. The molecule has 0 fully saturated rings. The molecule has 0 aliphatic carbocycles. The summed E-state index contributed by atoms with van der Waals surface area (Å²) >= 11 is 0. The van der Waals surface area contributed by atoms with Crippen LogP contribution in [0, 0.1) is 24.0 Å². The summed E-state index contributed by atoms with van der Waals surface area (Å²) in [5.74, 6) is 0.924. The zero-order chi connectivity index (χ0) is 13.1. The van der Waals surface area contributed by atoms with Gasteiger partial charge in [-0.2, -0.15) is 4.98 Å². The first-order valence-electron chi connectivity index (χ1n) is 5.34. The number of nitro groups is 1. The highest BCUT2D eigenvalue weighted by Gasteiger charge is 2.14. The molecule has 1 aromatic heterocycles. The topological polar surface area (TPSA) is 94.1 Å². The summed E-state index contributed by atoms with van der Waals surface area (Å²) in [4.78, 5) is 14.5. The fourth-order valence-electron chi connectivity index (χ4n) is 1.53. The van der Waals surface area contributed by atoms with Crippen LogP contribution in [0.1, 0.15) is 17.3 Å². The van der Waals surface area contributed by atoms with Crippen LogP contribution in [0.2, 0.25) is 0 Å². The highest BCUT2D eigenvalue weighted by Crippen LogP contribution is 2.25. The molecule has 0 atom stereocenters. The van der Waals surface area contributed by atoms with Gasteiger partial charge < -0.3 is 9.84 Å². The van der Waals surface area contributed by atoms with Crippen molar-refractivity contribution < 1.29 is 9.45 Å². The minimum atomic E-state index is -0.420. The number of rotatable bonds is 4. The number of aromatic nitrogens is 2. The molecule has 0 saturated carbocycles. The van der Waals surface area contributed by atoms with Gasteiger partial charge in [0.15, 0.2) is 5.82 Å². The minimum Gasteiger partial charge on any atom is -0.372 e. The Bertz CT molecular complexity index is 579. The van der Waals surface area contributed by atoms with E-state index in [1.54, 1.807) is 26.0 Å². The number of hydrogen-bond donors (Lipinski definition) is 1. The Hall–Kier alpha value is -2.44. The van der Waals surface area contributed by atoms with Crippen molar-refractivity contribution in [2.45, 2.75) is 20.4 Å². The first-order chi connectivity index (χ1) is 8.56. The molecule has 1 N–H and O–H groups in total. The third-order valence-corrected chi connectivity index (χ3v) is 2.36. The normalized spacial score (nSPS) is 10.3. The Kier molecular flexibility index (Phi) is 3.22. The fourth-order valence-corrected chi connectivity index (χ4v) is 1.53. The Morgan fingerprint density at radius 1 is 1.44 bits per heavy atom. The molecular formula is C11H12N4O3. The Morgan fingerprint density at radius 2 is 2.22 bits per heavy atom. The van der Waals surface area contributed by atoms with Gasteiger partial charge in [-0.05, 0) is 18.6 Å². The van der Waals surface area contributed by atoms with Crippen molar-refractivity contribution in [3.63, 3.8) is 0 Å². The number of nitro benzene ring substituents is 1. The van der Waals surface area contributed by atoms with Crippen LogP contribution in [0.3, 0.4) is 0 Å². The molecule has 0 aliphatic heterocycles. The summed E-state index contributed by atoms with van der Waals surface area (Å²) < 4.78 is 4.81. The summed E-state index contributed by atoms with van der Waals surface area (Å²) in [6, 6.07) is 4.99. The van der Waals surface area contributed by atoms with E-state index in [9.17, 15) is 10.1 Å². The molecule has 7 nitrogen and oxygen atoms in total. The largest absolute Gasteiger partial charge is 0.372 e. The van der Waals surface area contributed by atoms with Gasteiger partial charge in [-0.1, -0.05) is 11.2 Å². The van der Waals surface area contributed by atoms with E-state index < -0.39 is 4.92 Å². The van der Waals surface area contributed by atoms with E-state index in [4.69, 9.17) is 4.52 Å². The van der Waals surface area contributed by atoms with Crippen LogP contribution in [0.5, 0.6) is 0 Å². The van der Waals surface area contributed by atoms with Crippen LogP contribution in [0.25, 0.3) is 0 Å². The van der Waals surface area contributed by atoms with Gasteiger partial charge in [-0.3, -0.25) is 10.1 Å². The van der Waals surface area contributed by atoms with Gasteiger partial charge in [-0.15, -0.1) is 0 Å². The van der Waals surface area contributed by atoms with Crippen molar-refractivity contribution >= 4 is 11.4 Å². The molecule has 1 aromatic carbocycles. The van der Waals surface area contributed by atoms with Crippen molar-refractivity contribution in [2.24, 2.45) is 0 Å². The standard InChI is InChI=1S/C11H12N4O3/c1-7-3-4-9(10(5-7)15(16)17)12-6-11-13-8(2)18-14-11/h3-5,12H,6H2,1-2H3. The molecule has 0 bridgehead atoms. The predicted octanol–water partition coefficient (Wildman–Crippen LogP) is 2.21. The summed E-state index contributed by atoms with van der Waals surface area (Å²) in [7, 11) is 0. The predicted molar refractivity (Wildman–Crippen MR) is 64.2 cm³/mol. The quantitative estimate of drug-likeness (QED) is 0.658. The van der Waals surface area contributed by atoms with Crippen LogP contribution in [0.4, 0.5) is 11.4 Å². The Morgan fingerprint density at radius 3 is 2.83 bits per heavy atom. The highest BCUT2D eigenvalue weighted by atomic mass is 16.6. The van der Waals surface area contributed by atoms with Crippen LogP contribution < -0.4 is 5.32 Å². The van der Waals surface area contributed by atoms with Crippen LogP contribution in [-0.2, 0) is 6.54 Å². The van der Waals surface area contributed by atoms with Gasteiger partial charge in [0.25, 0.3) is 5.69 Å². The Balaban J connectivity index is 2.16. The molecule has 0 radical (unpaired) electrons. The second kappa shape index (κ2) is 4.82. The third kappa shape index (κ3) is 2.62. The highest BCUT2D eigenvalue weighted by molar-refractivity contribution is 5.62. The van der Waals surface area contributed by atoms with Crippen molar-refractivity contribution in [1.29, 1.82) is 0 Å². The maximum Gasteiger partial charge on any atom is 0.292 e. The summed E-state index contributed by atoms with van der Waals surface area (Å²) in [6.07, 6.45) is 0. The van der Waals surface area contributed by atoms with Gasteiger partial charge in [0.1, 0.15) is 5.69 Å². The van der Waals surface area contributed by atoms with Crippen LogP contribution >= 0.6 is 0 Å². The third-order valence-electron chi connectivity index (χ3n) is 2.36. The van der Waals surface area contributed by atoms with E-state index in [0.717, 1.165) is 5.56 Å². The molecule has 2 aromatic rings. The first-order valence-corrected chi connectivity index (χ1v) is 5.34. The molecule has 0 unspecified atom stereocenters. The molecule has 94 valence electrons. The van der Waals surface area contributed by atoms with E-state index in [0.29, 0.717) is 17.4 Å². The second-order valence-corrected chi connectivity index (χ2v) is 3.86. The van der Waals surface area contributed by atoms with E-state index in [2.05, 4.69) is 15.5 Å². The van der Waals surface area contributed by atoms with E-state index in [1.165, 1.54) is 6.07 Å². The number of nitrogens with zero attached hydrogens (tertiary/aromatic N) is 3. The molecule has 0 aliphatic rings. The molecule has 2 rings (SSSR count). The Labute approximate surface area is 103 Å². The summed E-state index contributed by atoms with van der Waals surface area (Å²) in [6.45, 7) is 3.77. The summed E-state index contributed by atoms with van der Waals surface area (Å²) in [5.41, 5.74) is 1.31. The number of anilines is 1. The number of benzene rings is 1. The fraction of sp³-hybridized carbons (Fsp3) is 0.273. The number of aryl methyl sites for hydroxylation is 2. The minimum absolute atomic E-state index is 0.0372. The monoisotopic (exact) mass is 248 g/mol. The number of hydrogen-bond acceptors (Lipinski definition) is 6. The van der Waals surface area contributed by atoms with Gasteiger partial charge in [0.05, 0.1) is 11.5 Å². The van der Waals surface area contributed by atoms with Gasteiger partial charge >= 0.3 is 0 Å². The molecule has 18 heavy (non-hydrogen) atoms. The second-order valence-electron chi connectivity index (χ2n) is 3.86. The zero-order valence-corrected chi connectivity index (χ0v) is 10.0. The lowest BCUT2D eigenvalue weighted by atomic mass is 10.2. The first kappa shape index (κ1) is 12.0. The van der Waals surface area contributed by atoms with Crippen LogP contribution in [0.15, 0.2) is 22.7 Å². The van der Waals surface area contributed by atoms with Crippen molar-refractivity contribution in [3.8, 4) is 0 Å². The van der Waals surface area contributed by atoms with E-state index in [-0.39, 0.29) is 12.2 Å². The lowest BCUT2D eigenvalue weighted by Crippen LogP contribution is -2.04. The van der Waals surface area contributed by atoms with Gasteiger partial charge in [-0.25, -0.2) is 0 Å².